The second kappa shape index (κ2) is 5.43. The van der Waals surface area contributed by atoms with Crippen LogP contribution in [0.4, 0.5) is 0 Å². The Morgan fingerprint density at radius 3 is 2.61 bits per heavy atom. The number of rotatable bonds is 1. The summed E-state index contributed by atoms with van der Waals surface area (Å²) >= 11 is 7.94. The molecule has 2 heterocycles. The van der Waals surface area contributed by atoms with E-state index in [0.29, 0.717) is 18.4 Å². The molecular formula is C16H8Br2N2O2S. The normalized spacial score (nSPS) is 12.5. The molecule has 0 aliphatic rings. The van der Waals surface area contributed by atoms with Crippen LogP contribution in [0.3, 0.4) is 0 Å². The van der Waals surface area contributed by atoms with Gasteiger partial charge in [0.1, 0.15) is 5.75 Å². The average molecular weight is 452 g/mol. The molecule has 0 bridgehead atoms. The number of hydrogen-bond donors (Lipinski definition) is 1. The molecule has 0 aliphatic carbocycles. The van der Waals surface area contributed by atoms with Crippen LogP contribution in [0.1, 0.15) is 5.56 Å². The monoisotopic (exact) mass is 450 g/mol. The highest BCUT2D eigenvalue weighted by Gasteiger charge is 2.11. The lowest BCUT2D eigenvalue weighted by Gasteiger charge is -2.01. The summed E-state index contributed by atoms with van der Waals surface area (Å²) in [5.41, 5.74) is 2.36. The number of aromatic hydroxyl groups is 1. The van der Waals surface area contributed by atoms with Gasteiger partial charge in [0.2, 0.25) is 0 Å². The quantitative estimate of drug-likeness (QED) is 0.480. The summed E-state index contributed by atoms with van der Waals surface area (Å²) < 4.78 is 3.37. The summed E-state index contributed by atoms with van der Waals surface area (Å²) in [5.74, 6) is 0.136. The van der Waals surface area contributed by atoms with E-state index in [-0.39, 0.29) is 11.3 Å². The number of benzene rings is 2. The van der Waals surface area contributed by atoms with Gasteiger partial charge in [0.05, 0.1) is 24.5 Å². The van der Waals surface area contributed by atoms with Gasteiger partial charge in [-0.2, -0.15) is 0 Å². The SMILES string of the molecule is O=c1/c(=C/c2cc(Br)c(O)c(Br)c2)sc2nc3ccccc3n12. The van der Waals surface area contributed by atoms with Crippen molar-refractivity contribution in [1.82, 2.24) is 9.38 Å². The Kier molecular flexibility index (Phi) is 3.51. The number of thiazole rings is 1. The summed E-state index contributed by atoms with van der Waals surface area (Å²) in [4.78, 5) is 17.8. The molecule has 0 atom stereocenters. The minimum atomic E-state index is -0.0842. The summed E-state index contributed by atoms with van der Waals surface area (Å²) in [6.07, 6.45) is 1.80. The van der Waals surface area contributed by atoms with Crippen LogP contribution in [0.25, 0.3) is 22.1 Å². The molecule has 1 N–H and O–H groups in total. The highest BCUT2D eigenvalue weighted by Crippen LogP contribution is 2.33. The zero-order chi connectivity index (χ0) is 16.1. The molecule has 23 heavy (non-hydrogen) atoms. The zero-order valence-corrected chi connectivity index (χ0v) is 15.4. The predicted octanol–water partition coefficient (Wildman–Crippen LogP) is 3.69. The smallest absolute Gasteiger partial charge is 0.274 e. The Labute approximate surface area is 151 Å². The van der Waals surface area contributed by atoms with Crippen LogP contribution in [0.2, 0.25) is 0 Å². The van der Waals surface area contributed by atoms with E-state index in [1.54, 1.807) is 22.6 Å². The second-order valence-electron chi connectivity index (χ2n) is 4.97. The molecule has 0 unspecified atom stereocenters. The Morgan fingerprint density at radius 1 is 1.17 bits per heavy atom. The number of imidazole rings is 1. The molecular weight excluding hydrogens is 444 g/mol. The van der Waals surface area contributed by atoms with Crippen molar-refractivity contribution >= 4 is 65.3 Å². The van der Waals surface area contributed by atoms with Crippen LogP contribution in [0.5, 0.6) is 5.75 Å². The fraction of sp³-hybridized carbons (Fsp3) is 0. The van der Waals surface area contributed by atoms with E-state index in [1.165, 1.54) is 11.3 Å². The van der Waals surface area contributed by atoms with Gasteiger partial charge in [-0.3, -0.25) is 4.79 Å². The molecule has 4 rings (SSSR count). The highest BCUT2D eigenvalue weighted by molar-refractivity contribution is 9.11. The van der Waals surface area contributed by atoms with E-state index in [2.05, 4.69) is 36.8 Å². The average Bonchev–Trinajstić information content (AvgIpc) is 3.02. The molecule has 0 aliphatic heterocycles. The van der Waals surface area contributed by atoms with Gasteiger partial charge < -0.3 is 5.11 Å². The number of aromatic nitrogens is 2. The van der Waals surface area contributed by atoms with Crippen molar-refractivity contribution < 1.29 is 5.11 Å². The standard InChI is InChI=1S/C16H8Br2N2O2S/c17-9-5-8(6-10(18)14(9)21)7-13-15(22)20-12-4-2-1-3-11(12)19-16(20)23-13/h1-7,21H/b13-7-. The van der Waals surface area contributed by atoms with Crippen LogP contribution >= 0.6 is 43.2 Å². The van der Waals surface area contributed by atoms with E-state index < -0.39 is 0 Å². The maximum atomic E-state index is 12.7. The summed E-state index contributed by atoms with van der Waals surface area (Å²) in [7, 11) is 0. The molecule has 0 amide bonds. The highest BCUT2D eigenvalue weighted by atomic mass is 79.9. The molecule has 0 fully saturated rings. The first-order chi connectivity index (χ1) is 11.0. The lowest BCUT2D eigenvalue weighted by Crippen LogP contribution is -2.22. The van der Waals surface area contributed by atoms with Crippen LogP contribution in [0.15, 0.2) is 50.1 Å². The number of nitrogens with zero attached hydrogens (tertiary/aromatic N) is 2. The van der Waals surface area contributed by atoms with E-state index in [1.807, 2.05) is 24.3 Å². The van der Waals surface area contributed by atoms with Gasteiger partial charge in [0, 0.05) is 0 Å². The van der Waals surface area contributed by atoms with Crippen molar-refractivity contribution in [2.45, 2.75) is 0 Å². The summed E-state index contributed by atoms with van der Waals surface area (Å²) in [6, 6.07) is 11.1. The Balaban J connectivity index is 1.99. The fourth-order valence-electron chi connectivity index (χ4n) is 2.43. The van der Waals surface area contributed by atoms with E-state index in [9.17, 15) is 9.90 Å². The predicted molar refractivity (Wildman–Crippen MR) is 99.1 cm³/mol. The number of fused-ring (bicyclic) bond motifs is 3. The third-order valence-corrected chi connectivity index (χ3v) is 5.66. The first-order valence-electron chi connectivity index (χ1n) is 6.64. The van der Waals surface area contributed by atoms with Gasteiger partial charge in [-0.05, 0) is 67.8 Å². The lowest BCUT2D eigenvalue weighted by molar-refractivity contribution is 0.468. The van der Waals surface area contributed by atoms with Gasteiger partial charge in [0.25, 0.3) is 5.56 Å². The molecule has 7 heteroatoms. The van der Waals surface area contributed by atoms with Crippen LogP contribution in [-0.2, 0) is 0 Å². The van der Waals surface area contributed by atoms with Crippen LogP contribution in [0, 0.1) is 0 Å². The minimum absolute atomic E-state index is 0.0842. The number of para-hydroxylation sites is 2. The van der Waals surface area contributed by atoms with E-state index >= 15 is 0 Å². The lowest BCUT2D eigenvalue weighted by atomic mass is 10.2. The number of hydrogen-bond acceptors (Lipinski definition) is 4. The van der Waals surface area contributed by atoms with Gasteiger partial charge in [-0.1, -0.05) is 23.5 Å². The summed E-state index contributed by atoms with van der Waals surface area (Å²) in [6.45, 7) is 0. The minimum Gasteiger partial charge on any atom is -0.506 e. The molecule has 2 aromatic heterocycles. The van der Waals surface area contributed by atoms with Gasteiger partial charge in [-0.15, -0.1) is 0 Å². The third kappa shape index (κ3) is 2.39. The molecule has 4 nitrogen and oxygen atoms in total. The number of phenolic OH excluding ortho intramolecular Hbond substituents is 1. The fourth-order valence-corrected chi connectivity index (χ4v) is 4.64. The van der Waals surface area contributed by atoms with Crippen molar-refractivity contribution in [3.05, 3.63) is 65.8 Å². The Morgan fingerprint density at radius 2 is 1.87 bits per heavy atom. The molecule has 0 radical (unpaired) electrons. The van der Waals surface area contributed by atoms with Gasteiger partial charge in [-0.25, -0.2) is 9.38 Å². The van der Waals surface area contributed by atoms with Crippen molar-refractivity contribution in [3.8, 4) is 5.75 Å². The van der Waals surface area contributed by atoms with Gasteiger partial charge in [0.15, 0.2) is 4.96 Å². The number of phenols is 1. The summed E-state index contributed by atoms with van der Waals surface area (Å²) in [5, 5.41) is 9.77. The number of halogens is 2. The topological polar surface area (TPSA) is 54.6 Å². The largest absolute Gasteiger partial charge is 0.506 e. The van der Waals surface area contributed by atoms with Crippen molar-refractivity contribution in [1.29, 1.82) is 0 Å². The molecule has 0 spiro atoms. The maximum absolute atomic E-state index is 12.7. The third-order valence-electron chi connectivity index (χ3n) is 3.48. The van der Waals surface area contributed by atoms with E-state index in [4.69, 9.17) is 0 Å². The second-order valence-corrected chi connectivity index (χ2v) is 7.69. The van der Waals surface area contributed by atoms with Crippen molar-refractivity contribution in [2.75, 3.05) is 0 Å². The molecule has 4 aromatic rings. The van der Waals surface area contributed by atoms with Crippen LogP contribution < -0.4 is 10.1 Å². The Bertz CT molecular complexity index is 1160. The molecule has 114 valence electrons. The van der Waals surface area contributed by atoms with Crippen LogP contribution in [-0.4, -0.2) is 14.5 Å². The maximum Gasteiger partial charge on any atom is 0.274 e. The van der Waals surface area contributed by atoms with Crippen molar-refractivity contribution in [2.24, 2.45) is 0 Å². The van der Waals surface area contributed by atoms with Crippen molar-refractivity contribution in [3.63, 3.8) is 0 Å². The van der Waals surface area contributed by atoms with Gasteiger partial charge >= 0.3 is 0 Å². The first kappa shape index (κ1) is 14.9. The van der Waals surface area contributed by atoms with E-state index in [0.717, 1.165) is 16.6 Å². The zero-order valence-electron chi connectivity index (χ0n) is 11.5. The molecule has 0 saturated heterocycles. The molecule has 2 aromatic carbocycles. The Hall–Kier alpha value is -1.70. The molecule has 0 saturated carbocycles. The first-order valence-corrected chi connectivity index (χ1v) is 9.04.